The van der Waals surface area contributed by atoms with Crippen LogP contribution in [0.1, 0.15) is 29.8 Å². The summed E-state index contributed by atoms with van der Waals surface area (Å²) in [5.74, 6) is -2.37. The van der Waals surface area contributed by atoms with Gasteiger partial charge in [-0.05, 0) is 50.2 Å². The van der Waals surface area contributed by atoms with Crippen molar-refractivity contribution in [3.05, 3.63) is 63.7 Å². The summed E-state index contributed by atoms with van der Waals surface area (Å²) in [7, 11) is 0. The van der Waals surface area contributed by atoms with E-state index in [0.29, 0.717) is 0 Å². The van der Waals surface area contributed by atoms with Crippen molar-refractivity contribution in [3.8, 4) is 0 Å². The molecule has 1 aliphatic rings. The molecule has 0 saturated carbocycles. The van der Waals surface area contributed by atoms with E-state index in [0.717, 1.165) is 24.3 Å². The number of nitrogens with zero attached hydrogens (tertiary/aromatic N) is 3. The fourth-order valence-corrected chi connectivity index (χ4v) is 4.16. The topological polar surface area (TPSA) is 131 Å². The number of alkyl halides is 3. The Morgan fingerprint density at radius 1 is 0.974 bits per heavy atom. The first-order valence-electron chi connectivity index (χ1n) is 12.1. The van der Waals surface area contributed by atoms with Gasteiger partial charge in [0.15, 0.2) is 0 Å². The second-order valence-electron chi connectivity index (χ2n) is 8.39. The Morgan fingerprint density at radius 2 is 1.54 bits per heavy atom. The number of amides is 1. The molecule has 1 saturated heterocycles. The normalized spacial score (nSPS) is 14.2. The molecule has 2 aromatic carbocycles. The molecule has 1 fully saturated rings. The summed E-state index contributed by atoms with van der Waals surface area (Å²) in [6.45, 7) is 4.06. The maximum absolute atomic E-state index is 12.9. The number of piperazine rings is 1. The molecular weight excluding hydrogens is 525 g/mol. The molecule has 0 bridgehead atoms. The Bertz CT molecular complexity index is 1200. The van der Waals surface area contributed by atoms with Gasteiger partial charge in [-0.15, -0.1) is 0 Å². The van der Waals surface area contributed by atoms with Crippen molar-refractivity contribution in [2.24, 2.45) is 0 Å². The van der Waals surface area contributed by atoms with Gasteiger partial charge in [0, 0.05) is 31.9 Å². The highest BCUT2D eigenvalue weighted by Crippen LogP contribution is 2.34. The van der Waals surface area contributed by atoms with Crippen molar-refractivity contribution in [1.82, 2.24) is 4.90 Å². The summed E-state index contributed by atoms with van der Waals surface area (Å²) in [6, 6.07) is 6.59. The van der Waals surface area contributed by atoms with E-state index in [1.807, 2.05) is 0 Å². The number of para-hydroxylation sites is 1. The first-order valence-corrected chi connectivity index (χ1v) is 12.1. The Hall–Kier alpha value is -4.20. The third kappa shape index (κ3) is 7.02. The third-order valence-corrected chi connectivity index (χ3v) is 5.95. The summed E-state index contributed by atoms with van der Waals surface area (Å²) >= 11 is 0. The molecule has 1 heterocycles. The molecule has 0 spiro atoms. The maximum atomic E-state index is 12.9. The predicted molar refractivity (Wildman–Crippen MR) is 133 cm³/mol. The van der Waals surface area contributed by atoms with E-state index >= 15 is 0 Å². The molecule has 210 valence electrons. The zero-order valence-electron chi connectivity index (χ0n) is 21.2. The predicted octanol–water partition coefficient (Wildman–Crippen LogP) is 3.48. The molecule has 39 heavy (non-hydrogen) atoms. The number of nitrogens with one attached hydrogen (secondary N) is 1. The molecular formula is C25H27F3N4O7. The Kier molecular flexibility index (Phi) is 9.46. The number of nitro groups is 1. The van der Waals surface area contributed by atoms with Crippen molar-refractivity contribution in [2.45, 2.75) is 26.1 Å². The number of carbonyl (C=O) groups excluding carboxylic acids is 3. The van der Waals surface area contributed by atoms with Crippen molar-refractivity contribution >= 4 is 34.9 Å². The SMILES string of the molecule is CCOC(=O)C(C(=O)OCC)N1CCN(c2cccc(C(=O)Nc3ccc(C(F)(F)F)cc3)c2[N+](=O)[O-])CC1. The van der Waals surface area contributed by atoms with Gasteiger partial charge < -0.3 is 19.7 Å². The number of esters is 2. The van der Waals surface area contributed by atoms with Crippen LogP contribution in [-0.2, 0) is 25.2 Å². The van der Waals surface area contributed by atoms with Crippen LogP contribution >= 0.6 is 0 Å². The molecule has 2 aromatic rings. The monoisotopic (exact) mass is 552 g/mol. The van der Waals surface area contributed by atoms with Crippen molar-refractivity contribution in [1.29, 1.82) is 0 Å². The number of halogens is 3. The van der Waals surface area contributed by atoms with E-state index in [-0.39, 0.29) is 56.3 Å². The van der Waals surface area contributed by atoms with Crippen LogP contribution in [0, 0.1) is 10.1 Å². The van der Waals surface area contributed by atoms with Crippen molar-refractivity contribution in [3.63, 3.8) is 0 Å². The Morgan fingerprint density at radius 3 is 2.03 bits per heavy atom. The molecule has 0 radical (unpaired) electrons. The number of hydrogen-bond donors (Lipinski definition) is 1. The van der Waals surface area contributed by atoms with Crippen molar-refractivity contribution < 1.29 is 42.0 Å². The van der Waals surface area contributed by atoms with Crippen LogP contribution in [0.4, 0.5) is 30.2 Å². The Balaban J connectivity index is 1.80. The van der Waals surface area contributed by atoms with Crippen molar-refractivity contribution in [2.75, 3.05) is 49.6 Å². The zero-order chi connectivity index (χ0) is 28.7. The summed E-state index contributed by atoms with van der Waals surface area (Å²) in [4.78, 5) is 52.3. The van der Waals surface area contributed by atoms with E-state index in [2.05, 4.69) is 5.32 Å². The lowest BCUT2D eigenvalue weighted by atomic mass is 10.1. The Labute approximate surface area is 221 Å². The van der Waals surface area contributed by atoms with Gasteiger partial charge in [-0.2, -0.15) is 13.2 Å². The fraction of sp³-hybridized carbons (Fsp3) is 0.400. The standard InChI is InChI=1S/C25H27F3N4O7/c1-3-38-23(34)21(24(35)39-4-2)31-14-12-30(13-15-31)19-7-5-6-18(20(19)32(36)37)22(33)29-17-10-8-16(9-11-17)25(26,27)28/h5-11,21H,3-4,12-15H2,1-2H3,(H,29,33). The summed E-state index contributed by atoms with van der Waals surface area (Å²) < 4.78 is 48.5. The number of benzene rings is 2. The molecule has 0 aliphatic carbocycles. The van der Waals surface area contributed by atoms with Crippen LogP contribution in [-0.4, -0.2) is 73.1 Å². The molecule has 1 aliphatic heterocycles. The largest absolute Gasteiger partial charge is 0.464 e. The number of hydrogen-bond acceptors (Lipinski definition) is 9. The minimum Gasteiger partial charge on any atom is -0.464 e. The molecule has 3 rings (SSSR count). The zero-order valence-corrected chi connectivity index (χ0v) is 21.2. The van der Waals surface area contributed by atoms with Crippen LogP contribution in [0.2, 0.25) is 0 Å². The van der Waals surface area contributed by atoms with E-state index in [4.69, 9.17) is 9.47 Å². The second kappa shape index (κ2) is 12.6. The van der Waals surface area contributed by atoms with Gasteiger partial charge in [-0.1, -0.05) is 6.07 Å². The molecule has 11 nitrogen and oxygen atoms in total. The molecule has 0 unspecified atom stereocenters. The summed E-state index contributed by atoms with van der Waals surface area (Å²) in [5, 5.41) is 14.4. The molecule has 0 aromatic heterocycles. The molecule has 1 N–H and O–H groups in total. The van der Waals surface area contributed by atoms with Crippen LogP contribution in [0.25, 0.3) is 0 Å². The number of nitro benzene ring substituents is 1. The average molecular weight is 553 g/mol. The van der Waals surface area contributed by atoms with Crippen LogP contribution in [0.3, 0.4) is 0 Å². The van der Waals surface area contributed by atoms with Gasteiger partial charge in [0.1, 0.15) is 11.3 Å². The van der Waals surface area contributed by atoms with E-state index in [1.165, 1.54) is 18.2 Å². The summed E-state index contributed by atoms with van der Waals surface area (Å²) in [5.41, 5.74) is -1.49. The highest BCUT2D eigenvalue weighted by Gasteiger charge is 2.38. The van der Waals surface area contributed by atoms with E-state index in [1.54, 1.807) is 23.6 Å². The highest BCUT2D eigenvalue weighted by molar-refractivity contribution is 6.08. The minimum atomic E-state index is -4.55. The second-order valence-corrected chi connectivity index (χ2v) is 8.39. The number of ether oxygens (including phenoxy) is 2. The maximum Gasteiger partial charge on any atom is 0.416 e. The summed E-state index contributed by atoms with van der Waals surface area (Å²) in [6.07, 6.45) is -4.55. The molecule has 14 heteroatoms. The van der Waals surface area contributed by atoms with Crippen LogP contribution in [0.15, 0.2) is 42.5 Å². The number of rotatable bonds is 9. The van der Waals surface area contributed by atoms with Gasteiger partial charge in [0.2, 0.25) is 6.04 Å². The van der Waals surface area contributed by atoms with Gasteiger partial charge in [0.25, 0.3) is 5.91 Å². The first kappa shape index (κ1) is 29.4. The van der Waals surface area contributed by atoms with E-state index < -0.39 is 46.2 Å². The smallest absolute Gasteiger partial charge is 0.416 e. The molecule has 1 amide bonds. The van der Waals surface area contributed by atoms with Crippen LogP contribution in [0.5, 0.6) is 0 Å². The van der Waals surface area contributed by atoms with Gasteiger partial charge >= 0.3 is 23.8 Å². The highest BCUT2D eigenvalue weighted by atomic mass is 19.4. The van der Waals surface area contributed by atoms with Gasteiger partial charge in [-0.25, -0.2) is 9.59 Å². The van der Waals surface area contributed by atoms with Crippen LogP contribution < -0.4 is 10.2 Å². The quantitative estimate of drug-likeness (QED) is 0.215. The number of anilines is 2. The molecule has 0 atom stereocenters. The third-order valence-electron chi connectivity index (χ3n) is 5.95. The lowest BCUT2D eigenvalue weighted by Gasteiger charge is -2.38. The lowest BCUT2D eigenvalue weighted by Crippen LogP contribution is -2.56. The van der Waals surface area contributed by atoms with Gasteiger partial charge in [0.05, 0.1) is 23.7 Å². The average Bonchev–Trinajstić information content (AvgIpc) is 2.89. The lowest BCUT2D eigenvalue weighted by molar-refractivity contribution is -0.384. The van der Waals surface area contributed by atoms with Gasteiger partial charge in [-0.3, -0.25) is 19.8 Å². The first-order chi connectivity index (χ1) is 18.5. The van der Waals surface area contributed by atoms with E-state index in [9.17, 15) is 37.7 Å². The minimum absolute atomic E-state index is 0.0327. The number of carbonyl (C=O) groups is 3. The fourth-order valence-electron chi connectivity index (χ4n) is 4.16.